The van der Waals surface area contributed by atoms with E-state index in [1.165, 1.54) is 43.4 Å². The Morgan fingerprint density at radius 3 is 2.43 bits per heavy atom. The molecule has 5 aromatic rings. The van der Waals surface area contributed by atoms with Gasteiger partial charge in [0.05, 0.1) is 30.2 Å². The molecule has 0 aliphatic heterocycles. The van der Waals surface area contributed by atoms with Crippen molar-refractivity contribution in [3.05, 3.63) is 123 Å². The van der Waals surface area contributed by atoms with Gasteiger partial charge in [-0.05, 0) is 79.7 Å². The molecule has 0 radical (unpaired) electrons. The van der Waals surface area contributed by atoms with Gasteiger partial charge < -0.3 is 25.4 Å². The van der Waals surface area contributed by atoms with Crippen molar-refractivity contribution < 1.29 is 23.9 Å². The minimum atomic E-state index is -0.567. The van der Waals surface area contributed by atoms with Gasteiger partial charge in [-0.2, -0.15) is 0 Å². The lowest BCUT2D eigenvalue weighted by Crippen LogP contribution is -2.30. The van der Waals surface area contributed by atoms with E-state index < -0.39 is 17.1 Å². The van der Waals surface area contributed by atoms with Crippen LogP contribution < -0.4 is 25.4 Å². The fourth-order valence-electron chi connectivity index (χ4n) is 4.51. The zero-order chi connectivity index (χ0) is 34.9. The highest BCUT2D eigenvalue weighted by atomic mass is 35.5. The molecule has 0 aliphatic rings. The Kier molecular flexibility index (Phi) is 12.0. The number of ether oxygens (including phenoxy) is 2. The lowest BCUT2D eigenvalue weighted by atomic mass is 10.1. The molecule has 1 atom stereocenters. The minimum absolute atomic E-state index is 0.0195. The summed E-state index contributed by atoms with van der Waals surface area (Å²) in [5.41, 5.74) is 2.69. The van der Waals surface area contributed by atoms with Crippen LogP contribution in [0.15, 0.2) is 107 Å². The van der Waals surface area contributed by atoms with Gasteiger partial charge in [0, 0.05) is 37.7 Å². The zero-order valence-corrected chi connectivity index (χ0v) is 29.6. The summed E-state index contributed by atoms with van der Waals surface area (Å²) in [5.74, 6) is -0.249. The third kappa shape index (κ3) is 9.42. The van der Waals surface area contributed by atoms with Crippen molar-refractivity contribution in [1.29, 1.82) is 0 Å². The maximum absolute atomic E-state index is 13.7. The molecule has 13 heteroatoms. The summed E-state index contributed by atoms with van der Waals surface area (Å²) in [4.78, 5) is 45.1. The number of thiazole rings is 1. The van der Waals surface area contributed by atoms with Gasteiger partial charge in [0.25, 0.3) is 11.8 Å². The number of carbonyl (C=O) groups is 3. The van der Waals surface area contributed by atoms with Gasteiger partial charge in [-0.25, -0.2) is 4.98 Å². The molecule has 3 amide bonds. The van der Waals surface area contributed by atoms with Crippen LogP contribution >= 0.6 is 46.3 Å². The van der Waals surface area contributed by atoms with Crippen molar-refractivity contribution in [2.45, 2.75) is 17.1 Å². The van der Waals surface area contributed by atoms with E-state index in [0.717, 1.165) is 4.90 Å². The molecule has 1 unspecified atom stereocenters. The molecule has 1 aromatic heterocycles. The maximum atomic E-state index is 13.7. The van der Waals surface area contributed by atoms with Crippen molar-refractivity contribution in [2.75, 3.05) is 24.9 Å². The highest BCUT2D eigenvalue weighted by molar-refractivity contribution is 8.00. The van der Waals surface area contributed by atoms with Crippen molar-refractivity contribution in [3.63, 3.8) is 0 Å². The number of hydrogen-bond donors (Lipinski definition) is 3. The number of aromatic nitrogens is 1. The van der Waals surface area contributed by atoms with Crippen molar-refractivity contribution in [1.82, 2.24) is 10.3 Å². The second-order valence-corrected chi connectivity index (χ2v) is 13.5. The lowest BCUT2D eigenvalue weighted by Gasteiger charge is -2.14. The molecule has 0 saturated heterocycles. The number of nitrogens with one attached hydrogen (secondary N) is 3. The molecule has 9 nitrogen and oxygen atoms in total. The molecule has 0 bridgehead atoms. The second-order valence-electron chi connectivity index (χ2n) is 10.4. The highest BCUT2D eigenvalue weighted by Gasteiger charge is 2.19. The van der Waals surface area contributed by atoms with Gasteiger partial charge >= 0.3 is 0 Å². The summed E-state index contributed by atoms with van der Waals surface area (Å²) in [6.07, 6.45) is 1.52. The first kappa shape index (κ1) is 35.5. The third-order valence-electron chi connectivity index (χ3n) is 6.98. The van der Waals surface area contributed by atoms with Gasteiger partial charge in [0.2, 0.25) is 5.91 Å². The van der Waals surface area contributed by atoms with E-state index in [-0.39, 0.29) is 11.6 Å². The van der Waals surface area contributed by atoms with E-state index >= 15 is 0 Å². The Morgan fingerprint density at radius 2 is 1.69 bits per heavy atom. The average Bonchev–Trinajstić information content (AvgIpc) is 3.56. The van der Waals surface area contributed by atoms with Gasteiger partial charge in [-0.1, -0.05) is 47.5 Å². The standard InChI is InChI=1S/C36H30Cl2N4O5S2/c1-21(33(43)42-36-41-31(20-48-36)28-14-12-24(37)18-29(28)38)49-27-11-7-10-25(19-27)39-35(45)30(40-34(44)22-8-5-4-6-9-22)17-23-16-26(46-2)13-15-32(23)47-3/h4-21H,1-3H3,(H,39,45)(H,40,44)(H,41,42,43)/b30-17+. The number of anilines is 2. The topological polar surface area (TPSA) is 119 Å². The van der Waals surface area contributed by atoms with E-state index in [1.807, 2.05) is 11.4 Å². The van der Waals surface area contributed by atoms with Gasteiger partial charge in [0.15, 0.2) is 5.13 Å². The number of hydrogen-bond acceptors (Lipinski definition) is 8. The summed E-state index contributed by atoms with van der Waals surface area (Å²) in [6, 6.07) is 25.9. The van der Waals surface area contributed by atoms with E-state index in [0.29, 0.717) is 54.7 Å². The first-order valence-electron chi connectivity index (χ1n) is 14.7. The predicted molar refractivity (Wildman–Crippen MR) is 198 cm³/mol. The molecule has 0 spiro atoms. The Balaban J connectivity index is 1.29. The Morgan fingerprint density at radius 1 is 0.898 bits per heavy atom. The van der Waals surface area contributed by atoms with E-state index in [4.69, 9.17) is 32.7 Å². The molecule has 4 aromatic carbocycles. The fourth-order valence-corrected chi connectivity index (χ4v) is 6.66. The number of halogens is 2. The monoisotopic (exact) mass is 732 g/mol. The SMILES string of the molecule is COc1ccc(OC)c(/C=C(/NC(=O)c2ccccc2)C(=O)Nc2cccc(SC(C)C(=O)Nc3nc(-c4ccc(Cl)cc4Cl)cs3)c2)c1. The third-order valence-corrected chi connectivity index (χ3v) is 9.38. The van der Waals surface area contributed by atoms with Crippen molar-refractivity contribution in [2.24, 2.45) is 0 Å². The molecule has 1 heterocycles. The molecule has 0 aliphatic carbocycles. The first-order chi connectivity index (χ1) is 23.6. The number of thioether (sulfide) groups is 1. The van der Waals surface area contributed by atoms with Crippen LogP contribution in [0.3, 0.4) is 0 Å². The molecule has 250 valence electrons. The Bertz CT molecular complexity index is 2020. The quantitative estimate of drug-likeness (QED) is 0.0868. The van der Waals surface area contributed by atoms with Gasteiger partial charge in [-0.3, -0.25) is 14.4 Å². The maximum Gasteiger partial charge on any atom is 0.272 e. The minimum Gasteiger partial charge on any atom is -0.497 e. The van der Waals surface area contributed by atoms with Crippen LogP contribution in [0.4, 0.5) is 10.8 Å². The van der Waals surface area contributed by atoms with E-state index in [1.54, 1.807) is 91.9 Å². The van der Waals surface area contributed by atoms with Crippen LogP contribution in [0, 0.1) is 0 Å². The smallest absolute Gasteiger partial charge is 0.272 e. The molecule has 0 saturated carbocycles. The van der Waals surface area contributed by atoms with Crippen molar-refractivity contribution >= 4 is 80.9 Å². The van der Waals surface area contributed by atoms with Crippen LogP contribution in [0.1, 0.15) is 22.8 Å². The summed E-state index contributed by atoms with van der Waals surface area (Å²) in [5, 5.41) is 11.2. The summed E-state index contributed by atoms with van der Waals surface area (Å²) in [6.45, 7) is 1.78. The molecule has 3 N–H and O–H groups in total. The lowest BCUT2D eigenvalue weighted by molar-refractivity contribution is -0.115. The van der Waals surface area contributed by atoms with Crippen LogP contribution in [-0.4, -0.2) is 42.2 Å². The van der Waals surface area contributed by atoms with Crippen LogP contribution in [-0.2, 0) is 9.59 Å². The molecule has 49 heavy (non-hydrogen) atoms. The zero-order valence-electron chi connectivity index (χ0n) is 26.5. The van der Waals surface area contributed by atoms with Crippen molar-refractivity contribution in [3.8, 4) is 22.8 Å². The molecule has 0 fully saturated rings. The van der Waals surface area contributed by atoms with Crippen LogP contribution in [0.5, 0.6) is 11.5 Å². The molecule has 5 rings (SSSR count). The van der Waals surface area contributed by atoms with Gasteiger partial charge in [-0.15, -0.1) is 23.1 Å². The van der Waals surface area contributed by atoms with Crippen LogP contribution in [0.25, 0.3) is 17.3 Å². The van der Waals surface area contributed by atoms with E-state index in [2.05, 4.69) is 20.9 Å². The normalized spacial score (nSPS) is 11.7. The van der Waals surface area contributed by atoms with Gasteiger partial charge in [0.1, 0.15) is 17.2 Å². The van der Waals surface area contributed by atoms with E-state index in [9.17, 15) is 14.4 Å². The Hall–Kier alpha value is -4.81. The number of benzene rings is 4. The summed E-state index contributed by atoms with van der Waals surface area (Å²) in [7, 11) is 3.04. The fraction of sp³-hybridized carbons (Fsp3) is 0.111. The number of methoxy groups -OCH3 is 2. The number of amides is 3. The predicted octanol–water partition coefficient (Wildman–Crippen LogP) is 8.66. The molecular formula is C36H30Cl2N4O5S2. The number of carbonyl (C=O) groups excluding carboxylic acids is 3. The highest BCUT2D eigenvalue weighted by Crippen LogP contribution is 2.33. The number of rotatable bonds is 12. The largest absolute Gasteiger partial charge is 0.497 e. The first-order valence-corrected chi connectivity index (χ1v) is 17.2. The summed E-state index contributed by atoms with van der Waals surface area (Å²) >= 11 is 14.9. The van der Waals surface area contributed by atoms with Crippen LogP contribution in [0.2, 0.25) is 10.0 Å². The Labute approximate surface area is 301 Å². The second kappa shape index (κ2) is 16.5. The molecular weight excluding hydrogens is 703 g/mol. The summed E-state index contributed by atoms with van der Waals surface area (Å²) < 4.78 is 10.8. The number of nitrogens with zero attached hydrogens (tertiary/aromatic N) is 1. The average molecular weight is 734 g/mol.